The zero-order valence-corrected chi connectivity index (χ0v) is 18.1. The average molecular weight is 420 g/mol. The Labute approximate surface area is 182 Å². The van der Waals surface area contributed by atoms with Crippen molar-refractivity contribution in [3.63, 3.8) is 0 Å². The number of rotatable bonds is 7. The second-order valence-electron chi connectivity index (χ2n) is 8.83. The van der Waals surface area contributed by atoms with Gasteiger partial charge in [0.05, 0.1) is 29.5 Å². The van der Waals surface area contributed by atoms with Gasteiger partial charge in [0.1, 0.15) is 0 Å². The van der Waals surface area contributed by atoms with Crippen LogP contribution in [-0.4, -0.2) is 49.0 Å². The number of aromatic nitrogens is 4. The lowest BCUT2D eigenvalue weighted by atomic mass is 9.81. The quantitative estimate of drug-likeness (QED) is 0.631. The zero-order chi connectivity index (χ0) is 21.8. The SMILES string of the molecule is CC(C)(C(=O)O)c1cccc(C2CCN(Cc3cn(Cc4ccccn4)nn3)CC2)c1. The molecule has 2 aromatic heterocycles. The Kier molecular flexibility index (Phi) is 6.13. The van der Waals surface area contributed by atoms with Crippen LogP contribution in [0.1, 0.15) is 55.1 Å². The van der Waals surface area contributed by atoms with E-state index >= 15 is 0 Å². The van der Waals surface area contributed by atoms with Crippen molar-refractivity contribution in [2.45, 2.75) is 51.1 Å². The number of piperidine rings is 1. The molecule has 3 aromatic rings. The topological polar surface area (TPSA) is 84.1 Å². The minimum Gasteiger partial charge on any atom is -0.481 e. The largest absolute Gasteiger partial charge is 0.481 e. The minimum absolute atomic E-state index is 0.459. The van der Waals surface area contributed by atoms with E-state index in [2.05, 4.69) is 32.3 Å². The first-order chi connectivity index (χ1) is 14.9. The Bertz CT molecular complexity index is 1020. The molecule has 0 spiro atoms. The number of hydrogen-bond acceptors (Lipinski definition) is 5. The molecule has 4 rings (SSSR count). The number of carboxylic acids is 1. The number of hydrogen-bond donors (Lipinski definition) is 1. The van der Waals surface area contributed by atoms with Gasteiger partial charge in [-0.1, -0.05) is 35.5 Å². The first kappa shape index (κ1) is 21.2. The number of benzene rings is 1. The van der Waals surface area contributed by atoms with Gasteiger partial charge in [-0.3, -0.25) is 14.7 Å². The molecule has 0 saturated carbocycles. The Morgan fingerprint density at radius 2 is 1.90 bits per heavy atom. The maximum absolute atomic E-state index is 11.6. The van der Waals surface area contributed by atoms with Gasteiger partial charge in [0.2, 0.25) is 0 Å². The van der Waals surface area contributed by atoms with E-state index in [9.17, 15) is 9.90 Å². The number of pyridine rings is 1. The summed E-state index contributed by atoms with van der Waals surface area (Å²) in [5, 5.41) is 18.1. The Hall–Kier alpha value is -3.06. The highest BCUT2D eigenvalue weighted by Gasteiger charge is 2.30. The third kappa shape index (κ3) is 4.99. The average Bonchev–Trinajstić information content (AvgIpc) is 3.21. The van der Waals surface area contributed by atoms with Crippen LogP contribution in [0.15, 0.2) is 54.9 Å². The van der Waals surface area contributed by atoms with Crippen molar-refractivity contribution in [2.24, 2.45) is 0 Å². The summed E-state index contributed by atoms with van der Waals surface area (Å²) in [6.45, 7) is 6.92. The van der Waals surface area contributed by atoms with E-state index in [4.69, 9.17) is 0 Å². The van der Waals surface area contributed by atoms with Crippen LogP contribution in [0.25, 0.3) is 0 Å². The van der Waals surface area contributed by atoms with Crippen molar-refractivity contribution in [3.8, 4) is 0 Å². The highest BCUT2D eigenvalue weighted by molar-refractivity contribution is 5.80. The fraction of sp³-hybridized carbons (Fsp3) is 0.417. The molecule has 0 bridgehead atoms. The maximum Gasteiger partial charge on any atom is 0.313 e. The van der Waals surface area contributed by atoms with Gasteiger partial charge < -0.3 is 5.11 Å². The smallest absolute Gasteiger partial charge is 0.313 e. The van der Waals surface area contributed by atoms with Gasteiger partial charge >= 0.3 is 5.97 Å². The lowest BCUT2D eigenvalue weighted by molar-refractivity contribution is -0.142. The predicted octanol–water partition coefficient (Wildman–Crippen LogP) is 3.46. The molecule has 0 unspecified atom stereocenters. The fourth-order valence-corrected chi connectivity index (χ4v) is 4.10. The second kappa shape index (κ2) is 8.98. The van der Waals surface area contributed by atoms with E-state index in [1.165, 1.54) is 5.56 Å². The standard InChI is InChI=1S/C24H29N5O2/c1-24(2,23(30)31)20-7-5-6-19(14-20)18-9-12-28(13-10-18)15-22-17-29(27-26-22)16-21-8-3-4-11-25-21/h3-8,11,14,17-18H,9-10,12-13,15-16H2,1-2H3,(H,30,31). The lowest BCUT2D eigenvalue weighted by Crippen LogP contribution is -2.33. The second-order valence-corrected chi connectivity index (χ2v) is 8.83. The number of aliphatic carboxylic acids is 1. The molecule has 1 aromatic carbocycles. The summed E-state index contributed by atoms with van der Waals surface area (Å²) in [7, 11) is 0. The van der Waals surface area contributed by atoms with Gasteiger partial charge in [-0.15, -0.1) is 5.10 Å². The Morgan fingerprint density at radius 3 is 2.61 bits per heavy atom. The molecule has 162 valence electrons. The van der Waals surface area contributed by atoms with E-state index in [1.54, 1.807) is 20.0 Å². The zero-order valence-electron chi connectivity index (χ0n) is 18.1. The molecular weight excluding hydrogens is 390 g/mol. The highest BCUT2D eigenvalue weighted by atomic mass is 16.4. The molecule has 0 amide bonds. The van der Waals surface area contributed by atoms with Gasteiger partial charge in [0.15, 0.2) is 0 Å². The number of carbonyl (C=O) groups is 1. The van der Waals surface area contributed by atoms with E-state index < -0.39 is 11.4 Å². The van der Waals surface area contributed by atoms with Crippen LogP contribution in [0, 0.1) is 0 Å². The monoisotopic (exact) mass is 419 g/mol. The first-order valence-corrected chi connectivity index (χ1v) is 10.8. The van der Waals surface area contributed by atoms with Gasteiger partial charge in [0, 0.05) is 12.7 Å². The molecule has 0 atom stereocenters. The third-order valence-electron chi connectivity index (χ3n) is 6.22. The summed E-state index contributed by atoms with van der Waals surface area (Å²) < 4.78 is 1.83. The summed E-state index contributed by atoms with van der Waals surface area (Å²) >= 11 is 0. The molecule has 1 N–H and O–H groups in total. The normalized spacial score (nSPS) is 15.8. The summed E-state index contributed by atoms with van der Waals surface area (Å²) in [5.74, 6) is -0.337. The lowest BCUT2D eigenvalue weighted by Gasteiger charge is -2.32. The molecule has 0 aliphatic carbocycles. The minimum atomic E-state index is -0.877. The van der Waals surface area contributed by atoms with Crippen molar-refractivity contribution in [1.82, 2.24) is 24.9 Å². The molecule has 31 heavy (non-hydrogen) atoms. The van der Waals surface area contributed by atoms with E-state index in [0.717, 1.165) is 49.4 Å². The number of likely N-dealkylation sites (tertiary alicyclic amines) is 1. The van der Waals surface area contributed by atoms with Crippen molar-refractivity contribution in [3.05, 3.63) is 77.4 Å². The van der Waals surface area contributed by atoms with Crippen LogP contribution in [0.3, 0.4) is 0 Å². The van der Waals surface area contributed by atoms with Crippen LogP contribution >= 0.6 is 0 Å². The molecule has 3 heterocycles. The maximum atomic E-state index is 11.6. The first-order valence-electron chi connectivity index (χ1n) is 10.8. The van der Waals surface area contributed by atoms with Crippen molar-refractivity contribution < 1.29 is 9.90 Å². The summed E-state index contributed by atoms with van der Waals surface area (Å²) in [4.78, 5) is 18.4. The van der Waals surface area contributed by atoms with Crippen LogP contribution < -0.4 is 0 Å². The summed E-state index contributed by atoms with van der Waals surface area (Å²) in [5.41, 5.74) is 3.17. The van der Waals surface area contributed by atoms with E-state index in [1.807, 2.05) is 41.2 Å². The summed E-state index contributed by atoms with van der Waals surface area (Å²) in [6.07, 6.45) is 5.89. The van der Waals surface area contributed by atoms with Crippen molar-refractivity contribution >= 4 is 5.97 Å². The molecule has 1 aliphatic heterocycles. The predicted molar refractivity (Wildman–Crippen MR) is 118 cm³/mol. The van der Waals surface area contributed by atoms with Crippen LogP contribution in [0.5, 0.6) is 0 Å². The van der Waals surface area contributed by atoms with E-state index in [-0.39, 0.29) is 0 Å². The molecule has 1 fully saturated rings. The van der Waals surface area contributed by atoms with Gasteiger partial charge in [-0.2, -0.15) is 0 Å². The van der Waals surface area contributed by atoms with E-state index in [0.29, 0.717) is 12.5 Å². The van der Waals surface area contributed by atoms with Crippen molar-refractivity contribution in [2.75, 3.05) is 13.1 Å². The van der Waals surface area contributed by atoms with Crippen LogP contribution in [0.2, 0.25) is 0 Å². The van der Waals surface area contributed by atoms with Gasteiger partial charge in [-0.05, 0) is 69.0 Å². The fourth-order valence-electron chi connectivity index (χ4n) is 4.10. The Morgan fingerprint density at radius 1 is 1.10 bits per heavy atom. The third-order valence-corrected chi connectivity index (χ3v) is 6.22. The van der Waals surface area contributed by atoms with Crippen molar-refractivity contribution in [1.29, 1.82) is 0 Å². The molecule has 7 nitrogen and oxygen atoms in total. The van der Waals surface area contributed by atoms with Crippen LogP contribution in [0.4, 0.5) is 0 Å². The van der Waals surface area contributed by atoms with Crippen LogP contribution in [-0.2, 0) is 23.3 Å². The van der Waals surface area contributed by atoms with Gasteiger partial charge in [-0.25, -0.2) is 4.68 Å². The molecule has 1 aliphatic rings. The molecule has 7 heteroatoms. The number of nitrogens with zero attached hydrogens (tertiary/aromatic N) is 5. The van der Waals surface area contributed by atoms with Gasteiger partial charge in [0.25, 0.3) is 0 Å². The number of carboxylic acid groups (broad SMARTS) is 1. The molecule has 0 radical (unpaired) electrons. The molecular formula is C24H29N5O2. The highest BCUT2D eigenvalue weighted by Crippen LogP contribution is 2.32. The summed E-state index contributed by atoms with van der Waals surface area (Å²) in [6, 6.07) is 14.0. The molecule has 1 saturated heterocycles. The Balaban J connectivity index is 1.33.